The molecule has 1 saturated heterocycles. The van der Waals surface area contributed by atoms with Crippen LogP contribution in [0.3, 0.4) is 0 Å². The Labute approximate surface area is 216 Å². The van der Waals surface area contributed by atoms with Crippen LogP contribution in [0.25, 0.3) is 4.91 Å². The Kier molecular flexibility index (Phi) is 6.36. The molecule has 1 N–H and O–H groups in total. The fraction of sp³-hybridized carbons (Fsp3) is 0.286. The summed E-state index contributed by atoms with van der Waals surface area (Å²) in [7, 11) is -1.50. The molecule has 1 spiro atoms. The van der Waals surface area contributed by atoms with Crippen LogP contribution in [-0.2, 0) is 45.9 Å². The molecule has 9 heteroatoms. The van der Waals surface area contributed by atoms with Gasteiger partial charge in [-0.15, -0.1) is 0 Å². The fourth-order valence-electron chi connectivity index (χ4n) is 5.20. The molecule has 3 aromatic rings. The molecular weight excluding hydrogens is 493 g/mol. The normalized spacial score (nSPS) is 20.5. The van der Waals surface area contributed by atoms with Crippen molar-refractivity contribution in [3.8, 4) is 5.75 Å². The van der Waals surface area contributed by atoms with Crippen LogP contribution in [-0.4, -0.2) is 33.1 Å². The number of ether oxygens (including phenoxy) is 2. The summed E-state index contributed by atoms with van der Waals surface area (Å²) in [5.41, 5.74) is 4.67. The molecule has 0 aliphatic carbocycles. The summed E-state index contributed by atoms with van der Waals surface area (Å²) >= 11 is 0. The average molecular weight is 520 g/mol. The van der Waals surface area contributed by atoms with Crippen LogP contribution in [0.1, 0.15) is 40.7 Å². The Morgan fingerprint density at radius 3 is 2.51 bits per heavy atom. The zero-order valence-corrected chi connectivity index (χ0v) is 20.9. The lowest BCUT2D eigenvalue weighted by Gasteiger charge is -2.39. The van der Waals surface area contributed by atoms with Crippen molar-refractivity contribution in [2.45, 2.75) is 38.2 Å². The molecule has 1 unspecified atom stereocenters. The van der Waals surface area contributed by atoms with Gasteiger partial charge in [-0.05, 0) is 53.3 Å². The van der Waals surface area contributed by atoms with Gasteiger partial charge in [0.15, 0.2) is 11.0 Å². The summed E-state index contributed by atoms with van der Waals surface area (Å²) in [6.07, 6.45) is 4.75. The van der Waals surface area contributed by atoms with Gasteiger partial charge in [-0.2, -0.15) is 4.39 Å². The van der Waals surface area contributed by atoms with Gasteiger partial charge in [0.1, 0.15) is 12.4 Å². The minimum Gasteiger partial charge on any atom is -0.489 e. The van der Waals surface area contributed by atoms with Crippen molar-refractivity contribution in [2.75, 3.05) is 13.1 Å². The number of rotatable bonds is 6. The number of fused-ring (bicyclic) bond motifs is 2. The summed E-state index contributed by atoms with van der Waals surface area (Å²) in [6, 6.07) is 17.1. The van der Waals surface area contributed by atoms with Crippen LogP contribution in [0.4, 0.5) is 4.39 Å². The maximum absolute atomic E-state index is 13.5. The molecule has 7 nitrogen and oxygen atoms in total. The van der Waals surface area contributed by atoms with Crippen molar-refractivity contribution >= 4 is 21.8 Å². The van der Waals surface area contributed by atoms with Crippen LogP contribution in [0.2, 0.25) is 0 Å². The maximum atomic E-state index is 13.5. The molecule has 0 saturated carbocycles. The van der Waals surface area contributed by atoms with Gasteiger partial charge in [0.2, 0.25) is 5.95 Å². The first-order chi connectivity index (χ1) is 18.0. The summed E-state index contributed by atoms with van der Waals surface area (Å²) in [6.45, 7) is 3.58. The maximum Gasteiger partial charge on any atom is 0.257 e. The van der Waals surface area contributed by atoms with Crippen LogP contribution in [0.5, 0.6) is 5.75 Å². The summed E-state index contributed by atoms with van der Waals surface area (Å²) < 4.78 is 39.8. The first-order valence-electron chi connectivity index (χ1n) is 12.2. The van der Waals surface area contributed by atoms with E-state index in [4.69, 9.17) is 9.47 Å². The van der Waals surface area contributed by atoms with Gasteiger partial charge in [-0.25, -0.2) is 9.19 Å². The smallest absolute Gasteiger partial charge is 0.257 e. The number of nitrogens with zero attached hydrogens (tertiary/aromatic N) is 2. The topological polar surface area (TPSA) is 80.8 Å². The van der Waals surface area contributed by atoms with E-state index in [2.05, 4.69) is 38.9 Å². The zero-order chi connectivity index (χ0) is 25.4. The Hall–Kier alpha value is -3.40. The summed E-state index contributed by atoms with van der Waals surface area (Å²) in [5.74, 6) is -0.0891. The lowest BCUT2D eigenvalue weighted by atomic mass is 9.84. The SMILES string of the molecule is O=C1C=C(c2ccc(OCc3ccc(CN4CCC5(CC4)OCc4cc(F)ncc45)cc3)cc2)S(=O)N1. The van der Waals surface area contributed by atoms with Gasteiger partial charge in [0.05, 0.1) is 17.1 Å². The quantitative estimate of drug-likeness (QED) is 0.497. The molecule has 1 fully saturated rings. The lowest BCUT2D eigenvalue weighted by molar-refractivity contribution is -0.114. The highest BCUT2D eigenvalue weighted by molar-refractivity contribution is 7.93. The molecule has 4 heterocycles. The molecule has 3 aliphatic rings. The van der Waals surface area contributed by atoms with E-state index in [1.54, 1.807) is 18.3 Å². The molecule has 2 aromatic carbocycles. The van der Waals surface area contributed by atoms with E-state index in [0.29, 0.717) is 23.9 Å². The molecular formula is C28H26FN3O4S. The van der Waals surface area contributed by atoms with E-state index in [1.807, 2.05) is 12.1 Å². The number of carbonyl (C=O) groups excluding carboxylic acids is 1. The number of hydrogen-bond donors (Lipinski definition) is 1. The molecule has 37 heavy (non-hydrogen) atoms. The third-order valence-corrected chi connectivity index (χ3v) is 8.38. The largest absolute Gasteiger partial charge is 0.489 e. The predicted octanol–water partition coefficient (Wildman–Crippen LogP) is 3.96. The number of nitrogens with one attached hydrogen (secondary N) is 1. The van der Waals surface area contributed by atoms with Crippen LogP contribution >= 0.6 is 0 Å². The number of aromatic nitrogens is 1. The molecule has 1 aromatic heterocycles. The third-order valence-electron chi connectivity index (χ3n) is 7.24. The van der Waals surface area contributed by atoms with Gasteiger partial charge in [0, 0.05) is 37.5 Å². The summed E-state index contributed by atoms with van der Waals surface area (Å²) in [5, 5.41) is 0. The van der Waals surface area contributed by atoms with Gasteiger partial charge >= 0.3 is 0 Å². The van der Waals surface area contributed by atoms with Crippen molar-refractivity contribution in [2.24, 2.45) is 0 Å². The molecule has 0 radical (unpaired) electrons. The molecule has 1 atom stereocenters. The minimum atomic E-state index is -1.50. The second kappa shape index (κ2) is 9.81. The molecule has 0 bridgehead atoms. The minimum absolute atomic E-state index is 0.328. The van der Waals surface area contributed by atoms with Gasteiger partial charge < -0.3 is 9.47 Å². The first kappa shape index (κ1) is 24.0. The van der Waals surface area contributed by atoms with Gasteiger partial charge in [0.25, 0.3) is 5.91 Å². The van der Waals surface area contributed by atoms with Crippen LogP contribution < -0.4 is 9.46 Å². The fourth-order valence-corrected chi connectivity index (χ4v) is 6.11. The number of benzene rings is 2. The van der Waals surface area contributed by atoms with E-state index < -0.39 is 16.9 Å². The number of likely N-dealkylation sites (tertiary alicyclic amines) is 1. The first-order valence-corrected chi connectivity index (χ1v) is 13.4. The van der Waals surface area contributed by atoms with Gasteiger partial charge in [-0.1, -0.05) is 36.4 Å². The zero-order valence-electron chi connectivity index (χ0n) is 20.1. The van der Waals surface area contributed by atoms with Crippen LogP contribution in [0.15, 0.2) is 66.9 Å². The highest BCUT2D eigenvalue weighted by Crippen LogP contribution is 2.44. The highest BCUT2D eigenvalue weighted by atomic mass is 32.2. The molecule has 6 rings (SSSR count). The standard InChI is InChI=1S/C28H26FN3O4S/c29-26-13-22-18-36-28(24(22)15-30-26)9-11-32(12-10-28)16-19-1-3-20(4-2-19)17-35-23-7-5-21(6-8-23)25-14-27(33)31-37(25)34/h1-8,13-15H,9-12,16-18H2,(H,31,33). The van der Waals surface area contributed by atoms with Crippen LogP contribution in [0, 0.1) is 5.95 Å². The number of hydrogen-bond acceptors (Lipinski definition) is 6. The third kappa shape index (κ3) is 4.94. The average Bonchev–Trinajstić information content (AvgIpc) is 3.43. The Balaban J connectivity index is 1.00. The van der Waals surface area contributed by atoms with E-state index in [0.717, 1.165) is 54.7 Å². The van der Waals surface area contributed by atoms with E-state index in [1.165, 1.54) is 17.7 Å². The van der Waals surface area contributed by atoms with Crippen molar-refractivity contribution in [3.63, 3.8) is 0 Å². The number of carbonyl (C=O) groups is 1. The Morgan fingerprint density at radius 2 is 1.81 bits per heavy atom. The molecule has 3 aliphatic heterocycles. The van der Waals surface area contributed by atoms with E-state index >= 15 is 0 Å². The van der Waals surface area contributed by atoms with Crippen molar-refractivity contribution in [3.05, 3.63) is 101 Å². The monoisotopic (exact) mass is 519 g/mol. The number of halogens is 1. The Bertz CT molecular complexity index is 1380. The second-order valence-electron chi connectivity index (χ2n) is 9.60. The number of pyridine rings is 1. The van der Waals surface area contributed by atoms with Gasteiger partial charge in [-0.3, -0.25) is 14.4 Å². The number of amides is 1. The summed E-state index contributed by atoms with van der Waals surface area (Å²) in [4.78, 5) is 18.1. The lowest BCUT2D eigenvalue weighted by Crippen LogP contribution is -2.42. The van der Waals surface area contributed by atoms with Crippen molar-refractivity contribution in [1.82, 2.24) is 14.6 Å². The second-order valence-corrected chi connectivity index (χ2v) is 10.8. The Morgan fingerprint density at radius 1 is 1.08 bits per heavy atom. The molecule has 190 valence electrons. The molecule has 1 amide bonds. The van der Waals surface area contributed by atoms with E-state index in [-0.39, 0.29) is 11.5 Å². The highest BCUT2D eigenvalue weighted by Gasteiger charge is 2.43. The number of piperidine rings is 1. The predicted molar refractivity (Wildman–Crippen MR) is 137 cm³/mol. The van der Waals surface area contributed by atoms with Crippen molar-refractivity contribution in [1.29, 1.82) is 0 Å². The van der Waals surface area contributed by atoms with E-state index in [9.17, 15) is 13.4 Å². The van der Waals surface area contributed by atoms with Crippen molar-refractivity contribution < 1.29 is 22.9 Å².